The number of carboxylic acids is 1. The van der Waals surface area contributed by atoms with E-state index in [1.165, 1.54) is 6.92 Å². The summed E-state index contributed by atoms with van der Waals surface area (Å²) in [6, 6.07) is 3.36. The highest BCUT2D eigenvalue weighted by molar-refractivity contribution is 5.77. The standard InChI is InChI=1S/C12H16O4/c1-7-4-9(5-8(2)10(7)13)6-12(3,16)11(14)15/h4-5,13,16H,6H2,1-3H3,(H,14,15). The quantitative estimate of drug-likeness (QED) is 0.725. The zero-order valence-electron chi connectivity index (χ0n) is 9.61. The summed E-state index contributed by atoms with van der Waals surface area (Å²) in [6.45, 7) is 4.73. The van der Waals surface area contributed by atoms with Crippen LogP contribution in [-0.4, -0.2) is 26.9 Å². The smallest absolute Gasteiger partial charge is 0.335 e. The highest BCUT2D eigenvalue weighted by Crippen LogP contribution is 2.25. The van der Waals surface area contributed by atoms with Gasteiger partial charge in [0, 0.05) is 6.42 Å². The summed E-state index contributed by atoms with van der Waals surface area (Å²) in [5, 5.41) is 28.0. The van der Waals surface area contributed by atoms with E-state index in [4.69, 9.17) is 5.11 Å². The molecule has 1 atom stereocenters. The van der Waals surface area contributed by atoms with Crippen LogP contribution in [0, 0.1) is 13.8 Å². The highest BCUT2D eigenvalue weighted by Gasteiger charge is 2.30. The first kappa shape index (κ1) is 12.5. The maximum atomic E-state index is 10.8. The van der Waals surface area contributed by atoms with Gasteiger partial charge in [-0.25, -0.2) is 4.79 Å². The van der Waals surface area contributed by atoms with Crippen molar-refractivity contribution in [3.63, 3.8) is 0 Å². The summed E-state index contributed by atoms with van der Waals surface area (Å²) in [6.07, 6.45) is 0.0181. The van der Waals surface area contributed by atoms with Gasteiger partial charge in [0.2, 0.25) is 0 Å². The predicted molar refractivity (Wildman–Crippen MR) is 59.5 cm³/mol. The molecular weight excluding hydrogens is 208 g/mol. The van der Waals surface area contributed by atoms with Crippen molar-refractivity contribution in [2.75, 3.05) is 0 Å². The van der Waals surface area contributed by atoms with E-state index in [0.29, 0.717) is 16.7 Å². The fourth-order valence-electron chi connectivity index (χ4n) is 1.62. The lowest BCUT2D eigenvalue weighted by Crippen LogP contribution is -2.37. The molecule has 1 unspecified atom stereocenters. The molecule has 0 spiro atoms. The van der Waals surface area contributed by atoms with E-state index in [1.54, 1.807) is 26.0 Å². The van der Waals surface area contributed by atoms with Crippen LogP contribution in [0.5, 0.6) is 5.75 Å². The second kappa shape index (κ2) is 4.14. The van der Waals surface area contributed by atoms with Crippen LogP contribution in [0.15, 0.2) is 12.1 Å². The summed E-state index contributed by atoms with van der Waals surface area (Å²) < 4.78 is 0. The molecule has 4 heteroatoms. The Hall–Kier alpha value is -1.55. The number of hydrogen-bond donors (Lipinski definition) is 3. The van der Waals surface area contributed by atoms with E-state index in [1.807, 2.05) is 0 Å². The van der Waals surface area contributed by atoms with E-state index in [9.17, 15) is 15.0 Å². The van der Waals surface area contributed by atoms with Gasteiger partial charge in [0.1, 0.15) is 5.75 Å². The van der Waals surface area contributed by atoms with Gasteiger partial charge in [-0.15, -0.1) is 0 Å². The van der Waals surface area contributed by atoms with Crippen molar-refractivity contribution in [3.05, 3.63) is 28.8 Å². The van der Waals surface area contributed by atoms with Crippen molar-refractivity contribution in [1.29, 1.82) is 0 Å². The summed E-state index contributed by atoms with van der Waals surface area (Å²) in [5.41, 5.74) is 0.267. The minimum absolute atomic E-state index is 0.0181. The second-order valence-corrected chi connectivity index (χ2v) is 4.33. The number of aliphatic hydroxyl groups is 1. The average Bonchev–Trinajstić information content (AvgIpc) is 2.13. The second-order valence-electron chi connectivity index (χ2n) is 4.33. The van der Waals surface area contributed by atoms with E-state index >= 15 is 0 Å². The monoisotopic (exact) mass is 224 g/mol. The third-order valence-corrected chi connectivity index (χ3v) is 2.56. The molecule has 0 bridgehead atoms. The minimum atomic E-state index is -1.78. The zero-order chi connectivity index (χ0) is 12.5. The Balaban J connectivity index is 3.04. The van der Waals surface area contributed by atoms with E-state index in [0.717, 1.165) is 0 Å². The first-order chi connectivity index (χ1) is 7.24. The number of rotatable bonds is 3. The van der Waals surface area contributed by atoms with Crippen LogP contribution in [0.4, 0.5) is 0 Å². The summed E-state index contributed by atoms with van der Waals surface area (Å²) in [7, 11) is 0. The van der Waals surface area contributed by atoms with Crippen molar-refractivity contribution < 1.29 is 20.1 Å². The Bertz CT molecular complexity index is 398. The molecule has 0 amide bonds. The summed E-state index contributed by atoms with van der Waals surface area (Å²) in [4.78, 5) is 10.8. The number of aliphatic carboxylic acids is 1. The number of carbonyl (C=O) groups is 1. The molecule has 0 saturated heterocycles. The van der Waals surface area contributed by atoms with Crippen molar-refractivity contribution in [1.82, 2.24) is 0 Å². The number of hydrogen-bond acceptors (Lipinski definition) is 3. The van der Waals surface area contributed by atoms with E-state index in [2.05, 4.69) is 0 Å². The molecule has 0 aromatic heterocycles. The van der Waals surface area contributed by atoms with E-state index < -0.39 is 11.6 Å². The van der Waals surface area contributed by atoms with Crippen LogP contribution in [-0.2, 0) is 11.2 Å². The number of benzene rings is 1. The van der Waals surface area contributed by atoms with E-state index in [-0.39, 0.29) is 12.2 Å². The van der Waals surface area contributed by atoms with Gasteiger partial charge in [0.05, 0.1) is 0 Å². The molecular formula is C12H16O4. The van der Waals surface area contributed by atoms with Gasteiger partial charge >= 0.3 is 5.97 Å². The first-order valence-corrected chi connectivity index (χ1v) is 4.99. The lowest BCUT2D eigenvalue weighted by molar-refractivity contribution is -0.156. The van der Waals surface area contributed by atoms with Gasteiger partial charge in [0.15, 0.2) is 5.60 Å². The fourth-order valence-corrected chi connectivity index (χ4v) is 1.62. The van der Waals surface area contributed by atoms with Crippen LogP contribution in [0.25, 0.3) is 0 Å². The van der Waals surface area contributed by atoms with Crippen molar-refractivity contribution in [3.8, 4) is 5.75 Å². The van der Waals surface area contributed by atoms with Gasteiger partial charge in [-0.2, -0.15) is 0 Å². The molecule has 16 heavy (non-hydrogen) atoms. The lowest BCUT2D eigenvalue weighted by Gasteiger charge is -2.18. The molecule has 3 N–H and O–H groups in total. The van der Waals surface area contributed by atoms with Crippen LogP contribution >= 0.6 is 0 Å². The number of aromatic hydroxyl groups is 1. The number of aryl methyl sites for hydroxylation is 2. The minimum Gasteiger partial charge on any atom is -0.507 e. The van der Waals surface area contributed by atoms with Gasteiger partial charge < -0.3 is 15.3 Å². The molecule has 0 fully saturated rings. The molecule has 1 aromatic carbocycles. The number of carboxylic acid groups (broad SMARTS) is 1. The van der Waals surface area contributed by atoms with Gasteiger partial charge in [0.25, 0.3) is 0 Å². The third-order valence-electron chi connectivity index (χ3n) is 2.56. The molecule has 0 radical (unpaired) electrons. The van der Waals surface area contributed by atoms with Crippen molar-refractivity contribution in [2.45, 2.75) is 32.8 Å². The molecule has 0 aliphatic heterocycles. The van der Waals surface area contributed by atoms with Crippen LogP contribution in [0.2, 0.25) is 0 Å². The SMILES string of the molecule is Cc1cc(CC(C)(O)C(=O)O)cc(C)c1O. The molecule has 0 saturated carbocycles. The number of phenolic OH excluding ortho intramolecular Hbond substituents is 1. The van der Waals surface area contributed by atoms with Crippen LogP contribution < -0.4 is 0 Å². The van der Waals surface area contributed by atoms with Gasteiger partial charge in [-0.05, 0) is 37.5 Å². The Morgan fingerprint density at radius 2 is 1.75 bits per heavy atom. The largest absolute Gasteiger partial charge is 0.507 e. The Kier molecular flexibility index (Phi) is 3.24. The van der Waals surface area contributed by atoms with Gasteiger partial charge in [-0.3, -0.25) is 0 Å². The molecule has 88 valence electrons. The fraction of sp³-hybridized carbons (Fsp3) is 0.417. The summed E-state index contributed by atoms with van der Waals surface area (Å²) >= 11 is 0. The maximum absolute atomic E-state index is 10.8. The van der Waals surface area contributed by atoms with Crippen LogP contribution in [0.3, 0.4) is 0 Å². The maximum Gasteiger partial charge on any atom is 0.335 e. The Labute approximate surface area is 94.2 Å². The van der Waals surface area contributed by atoms with Crippen molar-refractivity contribution in [2.24, 2.45) is 0 Å². The average molecular weight is 224 g/mol. The highest BCUT2D eigenvalue weighted by atomic mass is 16.4. The molecule has 0 aliphatic carbocycles. The zero-order valence-corrected chi connectivity index (χ0v) is 9.61. The molecule has 0 heterocycles. The van der Waals surface area contributed by atoms with Crippen LogP contribution in [0.1, 0.15) is 23.6 Å². The molecule has 4 nitrogen and oxygen atoms in total. The first-order valence-electron chi connectivity index (χ1n) is 4.99. The normalized spacial score (nSPS) is 14.5. The third kappa shape index (κ3) is 2.52. The lowest BCUT2D eigenvalue weighted by atomic mass is 9.94. The predicted octanol–water partition coefficient (Wildman–Crippen LogP) is 1.39. The topological polar surface area (TPSA) is 77.8 Å². The van der Waals surface area contributed by atoms with Crippen molar-refractivity contribution >= 4 is 5.97 Å². The number of phenols is 1. The van der Waals surface area contributed by atoms with Gasteiger partial charge in [-0.1, -0.05) is 12.1 Å². The Morgan fingerprint density at radius 3 is 2.12 bits per heavy atom. The summed E-state index contributed by atoms with van der Waals surface area (Å²) in [5.74, 6) is -1.05. The molecule has 0 aliphatic rings. The molecule has 1 aromatic rings. The molecule has 1 rings (SSSR count). The Morgan fingerprint density at radius 1 is 1.31 bits per heavy atom.